The molecule has 1 aromatic carbocycles. The molecule has 182 valence electrons. The number of carbonyl (C=O) groups excluding carboxylic acids is 4. The fraction of sp³-hybridized carbons (Fsp3) is 0.333. The zero-order chi connectivity index (χ0) is 24.9. The Hall–Kier alpha value is -4.28. The summed E-state index contributed by atoms with van der Waals surface area (Å²) in [5, 5.41) is 13.7. The van der Waals surface area contributed by atoms with Crippen molar-refractivity contribution in [2.45, 2.75) is 32.2 Å². The van der Waals surface area contributed by atoms with Gasteiger partial charge in [-0.05, 0) is 25.0 Å². The third-order valence-corrected chi connectivity index (χ3v) is 5.80. The predicted octanol–water partition coefficient (Wildman–Crippen LogP) is 1.88. The first-order chi connectivity index (χ1) is 16.8. The van der Waals surface area contributed by atoms with Crippen LogP contribution >= 0.6 is 0 Å². The summed E-state index contributed by atoms with van der Waals surface area (Å²) in [5.74, 6) is -1.13. The molecule has 0 fully saturated rings. The summed E-state index contributed by atoms with van der Waals surface area (Å²) in [7, 11) is 3.43. The Bertz CT molecular complexity index is 1240. The second-order valence-electron chi connectivity index (χ2n) is 8.40. The van der Waals surface area contributed by atoms with Crippen molar-refractivity contribution in [3.63, 3.8) is 0 Å². The first-order valence-corrected chi connectivity index (χ1v) is 11.4. The van der Waals surface area contributed by atoms with E-state index in [1.165, 1.54) is 15.8 Å². The molecule has 0 unspecified atom stereocenters. The SMILES string of the molecule is Cn1cc(CNC(=O)c2c(NC(=O)CCCCCN3C(=O)c4ccccc4C3=O)cnn2C)cn1. The average molecular weight is 478 g/mol. The third kappa shape index (κ3) is 5.29. The highest BCUT2D eigenvalue weighted by Crippen LogP contribution is 2.23. The maximum Gasteiger partial charge on any atom is 0.271 e. The molecule has 0 saturated carbocycles. The van der Waals surface area contributed by atoms with E-state index in [0.717, 1.165) is 5.56 Å². The molecule has 0 saturated heterocycles. The molecule has 35 heavy (non-hydrogen) atoms. The Morgan fingerprint density at radius 2 is 1.66 bits per heavy atom. The molecule has 3 heterocycles. The number of hydrogen-bond donors (Lipinski definition) is 2. The standard InChI is InChI=1S/C24H27N7O4/c1-29-15-16(13-26-29)12-25-22(33)21-19(14-27-30(21)2)28-20(32)10-4-3-7-11-31-23(34)17-8-5-6-9-18(17)24(31)35/h5-6,8-9,13-15H,3-4,7,10-12H2,1-2H3,(H,25,33)(H,28,32). The fourth-order valence-corrected chi connectivity index (χ4v) is 4.01. The number of aryl methyl sites for hydroxylation is 2. The van der Waals surface area contributed by atoms with Gasteiger partial charge < -0.3 is 10.6 Å². The predicted molar refractivity (Wildman–Crippen MR) is 126 cm³/mol. The van der Waals surface area contributed by atoms with Gasteiger partial charge in [-0.2, -0.15) is 10.2 Å². The van der Waals surface area contributed by atoms with Gasteiger partial charge in [0.15, 0.2) is 0 Å². The lowest BCUT2D eigenvalue weighted by molar-refractivity contribution is -0.116. The maximum atomic E-state index is 12.7. The van der Waals surface area contributed by atoms with E-state index < -0.39 is 0 Å². The minimum Gasteiger partial charge on any atom is -0.346 e. The average Bonchev–Trinajstić information content (AvgIpc) is 3.49. The summed E-state index contributed by atoms with van der Waals surface area (Å²) >= 11 is 0. The molecule has 0 bridgehead atoms. The van der Waals surface area contributed by atoms with Gasteiger partial charge in [-0.15, -0.1) is 0 Å². The lowest BCUT2D eigenvalue weighted by atomic mass is 10.1. The number of amides is 4. The van der Waals surface area contributed by atoms with Crippen LogP contribution in [0.3, 0.4) is 0 Å². The number of unbranched alkanes of at least 4 members (excludes halogenated alkanes) is 2. The Balaban J connectivity index is 1.21. The van der Waals surface area contributed by atoms with Gasteiger partial charge in [0, 0.05) is 45.4 Å². The van der Waals surface area contributed by atoms with Crippen LogP contribution in [-0.2, 0) is 25.4 Å². The highest BCUT2D eigenvalue weighted by molar-refractivity contribution is 6.21. The number of nitrogens with one attached hydrogen (secondary N) is 2. The molecule has 4 amide bonds. The van der Waals surface area contributed by atoms with E-state index in [2.05, 4.69) is 20.8 Å². The van der Waals surface area contributed by atoms with Crippen LogP contribution in [0.25, 0.3) is 0 Å². The summed E-state index contributed by atoms with van der Waals surface area (Å²) in [6.45, 7) is 0.621. The van der Waals surface area contributed by atoms with Crippen LogP contribution in [0.4, 0.5) is 5.69 Å². The summed E-state index contributed by atoms with van der Waals surface area (Å²) in [6.07, 6.45) is 7.02. The normalized spacial score (nSPS) is 12.7. The molecule has 2 N–H and O–H groups in total. The second kappa shape index (κ2) is 10.3. The molecular formula is C24H27N7O4. The van der Waals surface area contributed by atoms with Crippen LogP contribution < -0.4 is 10.6 Å². The summed E-state index contributed by atoms with van der Waals surface area (Å²) < 4.78 is 3.06. The van der Waals surface area contributed by atoms with E-state index in [1.807, 2.05) is 0 Å². The highest BCUT2D eigenvalue weighted by Gasteiger charge is 2.34. The van der Waals surface area contributed by atoms with E-state index in [4.69, 9.17) is 0 Å². The minimum atomic E-state index is -0.356. The van der Waals surface area contributed by atoms with E-state index >= 15 is 0 Å². The largest absolute Gasteiger partial charge is 0.346 e. The highest BCUT2D eigenvalue weighted by atomic mass is 16.2. The van der Waals surface area contributed by atoms with Crippen LogP contribution in [0.15, 0.2) is 42.9 Å². The number of anilines is 1. The first-order valence-electron chi connectivity index (χ1n) is 11.4. The van der Waals surface area contributed by atoms with E-state index in [1.54, 1.807) is 55.4 Å². The number of carbonyl (C=O) groups is 4. The van der Waals surface area contributed by atoms with Crippen molar-refractivity contribution < 1.29 is 19.2 Å². The number of aromatic nitrogens is 4. The number of imide groups is 1. The molecule has 0 atom stereocenters. The smallest absolute Gasteiger partial charge is 0.271 e. The Labute approximate surface area is 202 Å². The lowest BCUT2D eigenvalue weighted by Gasteiger charge is -2.13. The topological polar surface area (TPSA) is 131 Å². The minimum absolute atomic E-state index is 0.236. The first kappa shape index (κ1) is 23.9. The molecule has 11 heteroatoms. The molecule has 0 radical (unpaired) electrons. The zero-order valence-corrected chi connectivity index (χ0v) is 19.7. The number of nitrogens with zero attached hydrogens (tertiary/aromatic N) is 5. The van der Waals surface area contributed by atoms with Crippen molar-refractivity contribution in [1.29, 1.82) is 0 Å². The van der Waals surface area contributed by atoms with Crippen molar-refractivity contribution >= 4 is 29.3 Å². The summed E-state index contributed by atoms with van der Waals surface area (Å²) in [6, 6.07) is 6.80. The Kier molecular flexibility index (Phi) is 7.04. The quantitative estimate of drug-likeness (QED) is 0.339. The van der Waals surface area contributed by atoms with Crippen molar-refractivity contribution in [3.8, 4) is 0 Å². The van der Waals surface area contributed by atoms with Crippen LogP contribution in [-0.4, -0.2) is 54.6 Å². The Morgan fingerprint density at radius 3 is 2.31 bits per heavy atom. The van der Waals surface area contributed by atoms with Crippen molar-refractivity contribution in [2.24, 2.45) is 14.1 Å². The second-order valence-corrected chi connectivity index (χ2v) is 8.40. The van der Waals surface area contributed by atoms with Gasteiger partial charge in [-0.25, -0.2) is 0 Å². The molecule has 0 spiro atoms. The van der Waals surface area contributed by atoms with E-state index in [-0.39, 0.29) is 35.7 Å². The number of benzene rings is 1. The molecule has 2 aromatic heterocycles. The van der Waals surface area contributed by atoms with Crippen LogP contribution in [0.5, 0.6) is 0 Å². The fourth-order valence-electron chi connectivity index (χ4n) is 4.01. The van der Waals surface area contributed by atoms with E-state index in [9.17, 15) is 19.2 Å². The van der Waals surface area contributed by atoms with E-state index in [0.29, 0.717) is 49.2 Å². The Morgan fingerprint density at radius 1 is 0.943 bits per heavy atom. The van der Waals surface area contributed by atoms with Crippen molar-refractivity contribution in [2.75, 3.05) is 11.9 Å². The molecule has 0 aliphatic carbocycles. The third-order valence-electron chi connectivity index (χ3n) is 5.80. The lowest BCUT2D eigenvalue weighted by Crippen LogP contribution is -2.30. The monoisotopic (exact) mass is 477 g/mol. The molecule has 1 aliphatic rings. The van der Waals surface area contributed by atoms with Crippen LogP contribution in [0.2, 0.25) is 0 Å². The molecule has 3 aromatic rings. The van der Waals surface area contributed by atoms with Gasteiger partial charge in [-0.1, -0.05) is 18.6 Å². The van der Waals surface area contributed by atoms with Gasteiger partial charge in [-0.3, -0.25) is 33.4 Å². The number of hydrogen-bond acceptors (Lipinski definition) is 6. The summed E-state index contributed by atoms with van der Waals surface area (Å²) in [5.41, 5.74) is 2.33. The molecule has 4 rings (SSSR count). The van der Waals surface area contributed by atoms with Crippen LogP contribution in [0.1, 0.15) is 62.5 Å². The zero-order valence-electron chi connectivity index (χ0n) is 19.7. The molecular weight excluding hydrogens is 450 g/mol. The number of rotatable bonds is 10. The maximum absolute atomic E-state index is 12.7. The van der Waals surface area contributed by atoms with Crippen LogP contribution in [0, 0.1) is 0 Å². The van der Waals surface area contributed by atoms with Gasteiger partial charge in [0.1, 0.15) is 5.69 Å². The van der Waals surface area contributed by atoms with Crippen molar-refractivity contribution in [1.82, 2.24) is 29.8 Å². The van der Waals surface area contributed by atoms with Gasteiger partial charge in [0.25, 0.3) is 17.7 Å². The van der Waals surface area contributed by atoms with Crippen molar-refractivity contribution in [3.05, 3.63) is 65.2 Å². The molecule has 1 aliphatic heterocycles. The van der Waals surface area contributed by atoms with Gasteiger partial charge in [0.05, 0.1) is 29.2 Å². The number of fused-ring (bicyclic) bond motifs is 1. The van der Waals surface area contributed by atoms with Gasteiger partial charge >= 0.3 is 0 Å². The van der Waals surface area contributed by atoms with Gasteiger partial charge in [0.2, 0.25) is 5.91 Å². The summed E-state index contributed by atoms with van der Waals surface area (Å²) in [4.78, 5) is 51.2. The molecule has 11 nitrogen and oxygen atoms in total.